The van der Waals surface area contributed by atoms with Crippen LogP contribution in [0.2, 0.25) is 5.82 Å². The number of carbonyl (C=O) groups is 1. The molecule has 2 rings (SSSR count). The van der Waals surface area contributed by atoms with Gasteiger partial charge in [0.05, 0.1) is 0 Å². The number of hydrogen-bond donors (Lipinski definition) is 1. The molecule has 0 amide bonds. The first kappa shape index (κ1) is 23.6. The number of Topliss-reactive ketones (excluding diaryl/α,β-unsaturated/α-hetero) is 1. The second-order valence-electron chi connectivity index (χ2n) is 6.47. The fourth-order valence-electron chi connectivity index (χ4n) is 2.89. The molecule has 0 saturated carbocycles. The van der Waals surface area contributed by atoms with Gasteiger partial charge < -0.3 is 18.7 Å². The van der Waals surface area contributed by atoms with Crippen LogP contribution in [0.25, 0.3) is 0 Å². The average Bonchev–Trinajstić information content (AvgIpc) is 2.59. The Morgan fingerprint density at radius 1 is 0.885 bits per heavy atom. The third-order valence-corrected chi connectivity index (χ3v) is 4.42. The quantitative estimate of drug-likeness (QED) is 0.631. The summed E-state index contributed by atoms with van der Waals surface area (Å²) in [6, 6.07) is 17.5. The number of benzene rings is 2. The van der Waals surface area contributed by atoms with Gasteiger partial charge in [0, 0.05) is 12.8 Å². The van der Waals surface area contributed by atoms with E-state index in [9.17, 15) is 17.7 Å². The van der Waals surface area contributed by atoms with E-state index in [0.717, 1.165) is 5.56 Å². The summed E-state index contributed by atoms with van der Waals surface area (Å²) in [5, 5.41) is 0. The molecule has 26 heavy (non-hydrogen) atoms. The fraction of sp³-hybridized carbons (Fsp3) is 0.316. The summed E-state index contributed by atoms with van der Waals surface area (Å²) >= 11 is 0. The van der Waals surface area contributed by atoms with Crippen LogP contribution in [-0.4, -0.2) is 18.8 Å². The Kier molecular flexibility index (Phi) is 10.4. The van der Waals surface area contributed by atoms with Crippen LogP contribution in [0.5, 0.6) is 0 Å². The van der Waals surface area contributed by atoms with Crippen molar-refractivity contribution >= 4 is 12.8 Å². The molecule has 0 radical (unpaired) electrons. The Morgan fingerprint density at radius 3 is 1.81 bits per heavy atom. The minimum atomic E-state index is -4.99. The van der Waals surface area contributed by atoms with Crippen LogP contribution in [0.1, 0.15) is 24.0 Å². The molecule has 2 atom stereocenters. The third-order valence-electron chi connectivity index (χ3n) is 4.42. The number of rotatable bonds is 9. The second-order valence-corrected chi connectivity index (χ2v) is 6.47. The number of hydrogen-bond acceptors (Lipinski definition) is 1. The minimum absolute atomic E-state index is 0. The summed E-state index contributed by atoms with van der Waals surface area (Å²) in [5.41, 5.74) is 5.45. The molecule has 0 saturated heterocycles. The maximum Gasteiger partial charge on any atom is 1.00 e. The molecule has 0 aromatic heterocycles. The maximum absolute atomic E-state index is 13.3. The summed E-state index contributed by atoms with van der Waals surface area (Å²) in [6.07, 6.45) is 0.135. The molecule has 2 nitrogen and oxygen atoms in total. The Hall–Kier alpha value is -0.439. The van der Waals surface area contributed by atoms with E-state index in [1.54, 1.807) is 30.3 Å². The number of quaternary nitrogens is 1. The summed E-state index contributed by atoms with van der Waals surface area (Å²) < 4.78 is 40.0. The third kappa shape index (κ3) is 8.07. The van der Waals surface area contributed by atoms with Crippen LogP contribution in [0.3, 0.4) is 0 Å². The normalized spacial score (nSPS) is 13.5. The molecule has 0 aliphatic heterocycles. The zero-order valence-corrected chi connectivity index (χ0v) is 18.2. The van der Waals surface area contributed by atoms with Crippen molar-refractivity contribution in [3.63, 3.8) is 0 Å². The molecular weight excluding hydrogens is 365 g/mol. The van der Waals surface area contributed by atoms with Gasteiger partial charge in [-0.05, 0) is 12.0 Å². The fourth-order valence-corrected chi connectivity index (χ4v) is 2.89. The van der Waals surface area contributed by atoms with Crippen LogP contribution >= 0.6 is 0 Å². The summed E-state index contributed by atoms with van der Waals surface area (Å²) in [7, 11) is 0. The van der Waals surface area contributed by atoms with Crippen molar-refractivity contribution in [1.82, 2.24) is 0 Å². The van der Waals surface area contributed by atoms with Gasteiger partial charge in [-0.25, -0.2) is 0 Å². The Balaban J connectivity index is 0.00000338. The summed E-state index contributed by atoms with van der Waals surface area (Å²) in [6.45, 7) is -4.99. The van der Waals surface area contributed by atoms with Crippen molar-refractivity contribution < 1.29 is 74.9 Å². The molecule has 0 heterocycles. The topological polar surface area (TPSA) is 44.7 Å². The van der Waals surface area contributed by atoms with Gasteiger partial charge >= 0.3 is 58.4 Å². The van der Waals surface area contributed by atoms with Gasteiger partial charge in [-0.2, -0.15) is 0 Å². The molecule has 0 spiro atoms. The van der Waals surface area contributed by atoms with Crippen LogP contribution in [0, 0.1) is 0 Å². The first-order chi connectivity index (χ1) is 11.9. The van der Waals surface area contributed by atoms with Gasteiger partial charge in [0.25, 0.3) is 0 Å². The van der Waals surface area contributed by atoms with Crippen molar-refractivity contribution in [3.8, 4) is 0 Å². The average molecular weight is 388 g/mol. The van der Waals surface area contributed by atoms with Gasteiger partial charge in [0.2, 0.25) is 0 Å². The van der Waals surface area contributed by atoms with Gasteiger partial charge in [-0.1, -0.05) is 78.5 Å². The second kappa shape index (κ2) is 11.4. The van der Waals surface area contributed by atoms with Crippen molar-refractivity contribution in [1.29, 1.82) is 0 Å². The SMILES string of the molecule is [K+].[NH3+][C@@H](Cc1ccccc1)C(=O)CC[C@@H](Cc1ccccc1)[B-](F)(F)F. The van der Waals surface area contributed by atoms with E-state index in [2.05, 4.69) is 5.73 Å². The molecule has 2 aromatic carbocycles. The van der Waals surface area contributed by atoms with Crippen LogP contribution < -0.4 is 57.1 Å². The van der Waals surface area contributed by atoms with E-state index in [1.165, 1.54) is 0 Å². The van der Waals surface area contributed by atoms with E-state index < -0.39 is 18.8 Å². The predicted octanol–water partition coefficient (Wildman–Crippen LogP) is 0.653. The van der Waals surface area contributed by atoms with E-state index in [4.69, 9.17) is 0 Å². The molecule has 2 aromatic rings. The standard InChI is InChI=1S/C19H22BF3NO.K/c21-20(22,23)17(13-15-7-3-1-4-8-15)11-12-19(25)18(24)14-16-9-5-2-6-10-16;/h1-10,17-18H,11-14,24H2;/q-1;+1/p+1/t17-,18-;/m0./s1. The van der Waals surface area contributed by atoms with E-state index >= 15 is 0 Å². The van der Waals surface area contributed by atoms with Crippen LogP contribution in [0.4, 0.5) is 12.9 Å². The van der Waals surface area contributed by atoms with E-state index in [1.807, 2.05) is 30.3 Å². The van der Waals surface area contributed by atoms with Crippen molar-refractivity contribution in [2.24, 2.45) is 0 Å². The van der Waals surface area contributed by atoms with E-state index in [-0.39, 0.29) is 76.4 Å². The van der Waals surface area contributed by atoms with Gasteiger partial charge in [-0.3, -0.25) is 4.79 Å². The molecule has 3 N–H and O–H groups in total. The maximum atomic E-state index is 13.3. The molecule has 0 fully saturated rings. The molecule has 0 aliphatic carbocycles. The first-order valence-electron chi connectivity index (χ1n) is 8.50. The Bertz CT molecular complexity index is 667. The molecular formula is C19H23BF3KNO+. The van der Waals surface area contributed by atoms with E-state index in [0.29, 0.717) is 12.0 Å². The summed E-state index contributed by atoms with van der Waals surface area (Å²) in [4.78, 5) is 12.2. The molecule has 0 unspecified atom stereocenters. The predicted molar refractivity (Wildman–Crippen MR) is 94.0 cm³/mol. The zero-order chi connectivity index (χ0) is 18.3. The molecule has 7 heteroatoms. The number of halogens is 3. The Labute approximate surface area is 195 Å². The van der Waals surface area contributed by atoms with Crippen LogP contribution in [-0.2, 0) is 17.6 Å². The molecule has 134 valence electrons. The monoisotopic (exact) mass is 388 g/mol. The largest absolute Gasteiger partial charge is 1.00 e. The van der Waals surface area contributed by atoms with Crippen molar-refractivity contribution in [2.45, 2.75) is 37.5 Å². The summed E-state index contributed by atoms with van der Waals surface area (Å²) in [5.74, 6) is -1.66. The van der Waals surface area contributed by atoms with Gasteiger partial charge in [0.15, 0.2) is 5.78 Å². The van der Waals surface area contributed by atoms with Crippen molar-refractivity contribution in [2.75, 3.05) is 0 Å². The number of ketones is 1. The van der Waals surface area contributed by atoms with Gasteiger partial charge in [0.1, 0.15) is 6.04 Å². The first-order valence-corrected chi connectivity index (χ1v) is 8.50. The zero-order valence-electron chi connectivity index (χ0n) is 15.1. The molecule has 0 aliphatic rings. The van der Waals surface area contributed by atoms with Crippen LogP contribution in [0.15, 0.2) is 60.7 Å². The smallest absolute Gasteiger partial charge is 0.449 e. The Morgan fingerprint density at radius 2 is 1.35 bits per heavy atom. The minimum Gasteiger partial charge on any atom is -0.449 e. The van der Waals surface area contributed by atoms with Crippen molar-refractivity contribution in [3.05, 3.63) is 71.8 Å². The number of carbonyl (C=O) groups excluding carboxylic acids is 1. The van der Waals surface area contributed by atoms with Gasteiger partial charge in [-0.15, -0.1) is 0 Å². The molecule has 0 bridgehead atoms.